The zero-order chi connectivity index (χ0) is 16.5. The summed E-state index contributed by atoms with van der Waals surface area (Å²) in [5.41, 5.74) is 6.11. The fraction of sp³-hybridized carbons (Fsp3) is 0.333. The first-order chi connectivity index (χ1) is 10.2. The Bertz CT molecular complexity index is 635. The van der Waals surface area contributed by atoms with E-state index in [9.17, 15) is 13.2 Å². The lowest BCUT2D eigenvalue weighted by atomic mass is 9.87. The van der Waals surface area contributed by atoms with Crippen LogP contribution in [0.3, 0.4) is 0 Å². The molecule has 2 rings (SSSR count). The maximum atomic E-state index is 12.8. The summed E-state index contributed by atoms with van der Waals surface area (Å²) >= 11 is 18.0. The Morgan fingerprint density at radius 1 is 1.18 bits per heavy atom. The first kappa shape index (κ1) is 17.7. The van der Waals surface area contributed by atoms with Gasteiger partial charge in [0.05, 0.1) is 15.6 Å². The van der Waals surface area contributed by atoms with Crippen LogP contribution in [0.5, 0.6) is 0 Å². The lowest BCUT2D eigenvalue weighted by Gasteiger charge is -2.23. The summed E-state index contributed by atoms with van der Waals surface area (Å²) in [4.78, 5) is 0. The van der Waals surface area contributed by atoms with Crippen molar-refractivity contribution in [1.82, 2.24) is 0 Å². The normalized spacial score (nSPS) is 19.4. The molecule has 1 aliphatic carbocycles. The average Bonchev–Trinajstić information content (AvgIpc) is 2.43. The topological polar surface area (TPSA) is 26.0 Å². The second kappa shape index (κ2) is 6.83. The zero-order valence-electron chi connectivity index (χ0n) is 11.4. The second-order valence-corrected chi connectivity index (χ2v) is 6.24. The van der Waals surface area contributed by atoms with Crippen molar-refractivity contribution < 1.29 is 13.2 Å². The Hall–Kier alpha value is -0.680. The number of alkyl halides is 3. The minimum absolute atomic E-state index is 0.216. The third kappa shape index (κ3) is 3.80. The number of hydrogen-bond acceptors (Lipinski definition) is 1. The molecule has 1 nitrogen and oxygen atoms in total. The smallest absolute Gasteiger partial charge is 0.330 e. The molecule has 0 aliphatic heterocycles. The van der Waals surface area contributed by atoms with E-state index in [1.807, 2.05) is 0 Å². The lowest BCUT2D eigenvalue weighted by Crippen LogP contribution is -2.12. The highest BCUT2D eigenvalue weighted by molar-refractivity contribution is 6.48. The zero-order valence-corrected chi connectivity index (χ0v) is 13.6. The molecule has 0 saturated carbocycles. The number of rotatable bonds is 3. The molecular weight excluding hydrogens is 358 g/mol. The van der Waals surface area contributed by atoms with Gasteiger partial charge in [-0.2, -0.15) is 13.2 Å². The highest BCUT2D eigenvalue weighted by Gasteiger charge is 2.32. The van der Waals surface area contributed by atoms with Crippen LogP contribution in [0.4, 0.5) is 13.2 Å². The summed E-state index contributed by atoms with van der Waals surface area (Å²) < 4.78 is 38.5. The molecule has 0 heterocycles. The van der Waals surface area contributed by atoms with E-state index in [2.05, 4.69) is 0 Å². The predicted molar refractivity (Wildman–Crippen MR) is 84.2 cm³/mol. The van der Waals surface area contributed by atoms with Crippen molar-refractivity contribution in [2.45, 2.75) is 24.9 Å². The monoisotopic (exact) mass is 369 g/mol. The largest absolute Gasteiger partial charge is 0.416 e. The molecule has 1 aliphatic rings. The fourth-order valence-electron chi connectivity index (χ4n) is 2.44. The van der Waals surface area contributed by atoms with Crippen molar-refractivity contribution in [3.05, 3.63) is 56.1 Å². The molecule has 0 aromatic heterocycles. The maximum absolute atomic E-state index is 12.8. The average molecular weight is 371 g/mol. The first-order valence-corrected chi connectivity index (χ1v) is 7.69. The van der Waals surface area contributed by atoms with Gasteiger partial charge in [0.15, 0.2) is 0 Å². The van der Waals surface area contributed by atoms with E-state index in [4.69, 9.17) is 40.5 Å². The highest BCUT2D eigenvalue weighted by Crippen LogP contribution is 2.42. The molecule has 120 valence electrons. The quantitative estimate of drug-likeness (QED) is 0.746. The van der Waals surface area contributed by atoms with Gasteiger partial charge in [-0.05, 0) is 42.6 Å². The Morgan fingerprint density at radius 2 is 1.86 bits per heavy atom. The van der Waals surface area contributed by atoms with Gasteiger partial charge in [0.25, 0.3) is 0 Å². The molecule has 22 heavy (non-hydrogen) atoms. The third-order valence-electron chi connectivity index (χ3n) is 3.48. The molecular formula is C15H13Cl3F3N. The van der Waals surface area contributed by atoms with Crippen molar-refractivity contribution in [3.8, 4) is 0 Å². The summed E-state index contributed by atoms with van der Waals surface area (Å²) in [6.45, 7) is 0.253. The van der Waals surface area contributed by atoms with Crippen LogP contribution in [0.1, 0.15) is 29.0 Å². The Labute approximate surface area is 141 Å². The Morgan fingerprint density at radius 3 is 2.41 bits per heavy atom. The van der Waals surface area contributed by atoms with Crippen molar-refractivity contribution in [2.75, 3.05) is 6.54 Å². The Balaban J connectivity index is 2.44. The molecule has 0 bridgehead atoms. The van der Waals surface area contributed by atoms with Gasteiger partial charge in [-0.25, -0.2) is 0 Å². The van der Waals surface area contributed by atoms with Crippen LogP contribution in [0.25, 0.3) is 0 Å². The minimum atomic E-state index is -4.39. The minimum Gasteiger partial charge on any atom is -0.330 e. The molecule has 0 fully saturated rings. The van der Waals surface area contributed by atoms with E-state index in [0.29, 0.717) is 28.5 Å². The van der Waals surface area contributed by atoms with Gasteiger partial charge in [0, 0.05) is 11.0 Å². The van der Waals surface area contributed by atoms with Crippen LogP contribution < -0.4 is 5.73 Å². The van der Waals surface area contributed by atoms with E-state index < -0.39 is 11.7 Å². The van der Waals surface area contributed by atoms with Crippen LogP contribution in [0.15, 0.2) is 39.4 Å². The molecule has 2 N–H and O–H groups in total. The summed E-state index contributed by atoms with van der Waals surface area (Å²) in [6.07, 6.45) is -1.93. The van der Waals surface area contributed by atoms with Gasteiger partial charge in [0.1, 0.15) is 0 Å². The molecule has 0 radical (unpaired) electrons. The summed E-state index contributed by atoms with van der Waals surface area (Å²) in [5.74, 6) is -0.216. The van der Waals surface area contributed by atoms with E-state index in [1.54, 1.807) is 6.08 Å². The van der Waals surface area contributed by atoms with E-state index in [-0.39, 0.29) is 17.5 Å². The van der Waals surface area contributed by atoms with E-state index in [1.165, 1.54) is 6.07 Å². The lowest BCUT2D eigenvalue weighted by molar-refractivity contribution is -0.137. The summed E-state index contributed by atoms with van der Waals surface area (Å²) in [6, 6.07) is 3.66. The van der Waals surface area contributed by atoms with Gasteiger partial charge in [-0.3, -0.25) is 0 Å². The molecule has 0 saturated heterocycles. The molecule has 1 aromatic rings. The number of allylic oxidation sites excluding steroid dienone is 4. The van der Waals surface area contributed by atoms with Crippen molar-refractivity contribution in [1.29, 1.82) is 0 Å². The standard InChI is InChI=1S/C15H13Cl3F3N/c16-12-6-9(7-13(17)14(12)18)11-2-1-10(15(19,20)21)5-8(11)3-4-22/h1-2,5-6,9H,3-4,7,22H2. The van der Waals surface area contributed by atoms with Gasteiger partial charge in [-0.1, -0.05) is 46.9 Å². The van der Waals surface area contributed by atoms with Crippen molar-refractivity contribution >= 4 is 34.8 Å². The second-order valence-electron chi connectivity index (χ2n) is 4.99. The van der Waals surface area contributed by atoms with E-state index >= 15 is 0 Å². The summed E-state index contributed by atoms with van der Waals surface area (Å²) in [5, 5.41) is 0.992. The van der Waals surface area contributed by atoms with Gasteiger partial charge in [-0.15, -0.1) is 0 Å². The molecule has 1 atom stereocenters. The molecule has 0 spiro atoms. The maximum Gasteiger partial charge on any atom is 0.416 e. The first-order valence-electron chi connectivity index (χ1n) is 6.56. The molecule has 7 heteroatoms. The number of nitrogens with two attached hydrogens (primary N) is 1. The third-order valence-corrected chi connectivity index (χ3v) is 4.76. The number of hydrogen-bond donors (Lipinski definition) is 1. The van der Waals surface area contributed by atoms with Crippen LogP contribution in [-0.4, -0.2) is 6.54 Å². The number of halogens is 6. The van der Waals surface area contributed by atoms with Crippen LogP contribution >= 0.6 is 34.8 Å². The molecule has 1 unspecified atom stereocenters. The molecule has 0 amide bonds. The van der Waals surface area contributed by atoms with Crippen LogP contribution in [0.2, 0.25) is 0 Å². The van der Waals surface area contributed by atoms with Crippen molar-refractivity contribution in [3.63, 3.8) is 0 Å². The summed E-state index contributed by atoms with van der Waals surface area (Å²) in [7, 11) is 0. The van der Waals surface area contributed by atoms with Gasteiger partial charge in [0.2, 0.25) is 0 Å². The Kier molecular flexibility index (Phi) is 5.49. The molecule has 1 aromatic carbocycles. The van der Waals surface area contributed by atoms with Gasteiger partial charge >= 0.3 is 6.18 Å². The highest BCUT2D eigenvalue weighted by atomic mass is 35.5. The van der Waals surface area contributed by atoms with Gasteiger partial charge < -0.3 is 5.73 Å². The fourth-order valence-corrected chi connectivity index (χ4v) is 3.16. The van der Waals surface area contributed by atoms with Crippen LogP contribution in [-0.2, 0) is 12.6 Å². The van der Waals surface area contributed by atoms with Crippen molar-refractivity contribution in [2.24, 2.45) is 5.73 Å². The predicted octanol–water partition coefficient (Wildman–Crippen LogP) is 5.51. The SMILES string of the molecule is NCCc1cc(C(F)(F)F)ccc1C1C=C(Cl)C(Cl)=C(Cl)C1. The van der Waals surface area contributed by atoms with Crippen LogP contribution in [0, 0.1) is 0 Å². The number of benzene rings is 1. The van der Waals surface area contributed by atoms with E-state index in [0.717, 1.165) is 17.7 Å².